The van der Waals surface area contributed by atoms with Gasteiger partial charge in [0.2, 0.25) is 0 Å². The third kappa shape index (κ3) is 3.50. The molecule has 2 saturated heterocycles. The van der Waals surface area contributed by atoms with Crippen molar-refractivity contribution in [2.24, 2.45) is 5.92 Å². The zero-order chi connectivity index (χ0) is 21.5. The first-order valence-electron chi connectivity index (χ1n) is 10.9. The molecule has 0 saturated carbocycles. The normalized spacial score (nSPS) is 23.7. The minimum Gasteiger partial charge on any atom is -0.496 e. The standard InChI is InChI=1S/C25H28N2O4/c1-15-13-22(30-2)20(18-7-10-26-23(15)18)14-27-11-8-21-19(9-12-31-21)24(27)16-3-5-17(6-4-16)25(28)29/h3-7,10,13,19,21,24,26H,8-9,11-12,14H2,1-2H3,(H,28,29)/t19?,21?,24-/m1/s1. The summed E-state index contributed by atoms with van der Waals surface area (Å²) in [5.74, 6) is 0.422. The van der Waals surface area contributed by atoms with Gasteiger partial charge in [0, 0.05) is 54.3 Å². The van der Waals surface area contributed by atoms with E-state index in [1.54, 1.807) is 19.2 Å². The lowest BCUT2D eigenvalue weighted by atomic mass is 9.81. The lowest BCUT2D eigenvalue weighted by molar-refractivity contribution is -0.00414. The van der Waals surface area contributed by atoms with E-state index in [9.17, 15) is 9.90 Å². The highest BCUT2D eigenvalue weighted by Gasteiger charge is 2.42. The first-order chi connectivity index (χ1) is 15.1. The van der Waals surface area contributed by atoms with Crippen LogP contribution < -0.4 is 4.74 Å². The molecule has 6 nitrogen and oxygen atoms in total. The van der Waals surface area contributed by atoms with Gasteiger partial charge >= 0.3 is 5.97 Å². The molecule has 3 heterocycles. The van der Waals surface area contributed by atoms with Gasteiger partial charge < -0.3 is 19.6 Å². The van der Waals surface area contributed by atoms with Crippen LogP contribution in [0.15, 0.2) is 42.6 Å². The first kappa shape index (κ1) is 20.1. The van der Waals surface area contributed by atoms with Crippen LogP contribution in [0.1, 0.15) is 45.9 Å². The number of benzene rings is 2. The van der Waals surface area contributed by atoms with Gasteiger partial charge in [-0.3, -0.25) is 4.90 Å². The van der Waals surface area contributed by atoms with Crippen LogP contribution in [0, 0.1) is 12.8 Å². The van der Waals surface area contributed by atoms with Crippen molar-refractivity contribution in [3.63, 3.8) is 0 Å². The summed E-state index contributed by atoms with van der Waals surface area (Å²) in [6, 6.07) is 11.8. The molecule has 2 unspecified atom stereocenters. The smallest absolute Gasteiger partial charge is 0.335 e. The van der Waals surface area contributed by atoms with Crippen molar-refractivity contribution in [3.8, 4) is 5.75 Å². The number of carbonyl (C=O) groups is 1. The Hall–Kier alpha value is -2.83. The minimum atomic E-state index is -0.895. The number of aromatic nitrogens is 1. The number of nitrogens with zero attached hydrogens (tertiary/aromatic N) is 1. The molecule has 2 aliphatic rings. The molecule has 6 heteroatoms. The molecule has 2 N–H and O–H groups in total. The number of aryl methyl sites for hydroxylation is 1. The van der Waals surface area contributed by atoms with E-state index in [0.29, 0.717) is 11.5 Å². The number of carboxylic acids is 1. The number of ether oxygens (including phenoxy) is 2. The van der Waals surface area contributed by atoms with Crippen LogP contribution in [-0.4, -0.2) is 47.3 Å². The lowest BCUT2D eigenvalue weighted by Crippen LogP contribution is -2.43. The fourth-order valence-corrected chi connectivity index (χ4v) is 5.47. The lowest BCUT2D eigenvalue weighted by Gasteiger charge is -2.43. The predicted molar refractivity (Wildman–Crippen MR) is 119 cm³/mol. The number of hydrogen-bond donors (Lipinski definition) is 2. The topological polar surface area (TPSA) is 74.8 Å². The van der Waals surface area contributed by atoms with Crippen LogP contribution in [0.25, 0.3) is 10.9 Å². The molecule has 0 spiro atoms. The summed E-state index contributed by atoms with van der Waals surface area (Å²) in [6.07, 6.45) is 4.29. The monoisotopic (exact) mass is 420 g/mol. The number of aromatic amines is 1. The Labute approximate surface area is 181 Å². The second-order valence-corrected chi connectivity index (χ2v) is 8.63. The van der Waals surface area contributed by atoms with Crippen molar-refractivity contribution in [1.29, 1.82) is 0 Å². The molecule has 2 aromatic carbocycles. The number of nitrogens with one attached hydrogen (secondary N) is 1. The highest BCUT2D eigenvalue weighted by Crippen LogP contribution is 2.44. The summed E-state index contributed by atoms with van der Waals surface area (Å²) in [6.45, 7) is 4.59. The zero-order valence-corrected chi connectivity index (χ0v) is 17.9. The van der Waals surface area contributed by atoms with Gasteiger partial charge in [-0.15, -0.1) is 0 Å². The van der Waals surface area contributed by atoms with Crippen molar-refractivity contribution in [1.82, 2.24) is 9.88 Å². The van der Waals surface area contributed by atoms with Gasteiger partial charge in [0.05, 0.1) is 18.8 Å². The highest BCUT2D eigenvalue weighted by atomic mass is 16.5. The van der Waals surface area contributed by atoms with Crippen LogP contribution >= 0.6 is 0 Å². The second kappa shape index (κ2) is 8.02. The molecule has 2 aliphatic heterocycles. The average molecular weight is 421 g/mol. The third-order valence-corrected chi connectivity index (χ3v) is 6.95. The van der Waals surface area contributed by atoms with Crippen LogP contribution in [0.3, 0.4) is 0 Å². The summed E-state index contributed by atoms with van der Waals surface area (Å²) in [5, 5.41) is 10.5. The molecule has 0 radical (unpaired) electrons. The highest BCUT2D eigenvalue weighted by molar-refractivity contribution is 5.88. The number of piperidine rings is 1. The summed E-state index contributed by atoms with van der Waals surface area (Å²) < 4.78 is 11.8. The molecule has 3 atom stereocenters. The molecule has 162 valence electrons. The number of carboxylic acid groups (broad SMARTS) is 1. The van der Waals surface area contributed by atoms with Crippen LogP contribution in [0.2, 0.25) is 0 Å². The Kier molecular flexibility index (Phi) is 5.20. The van der Waals surface area contributed by atoms with Gasteiger partial charge in [-0.25, -0.2) is 4.79 Å². The predicted octanol–water partition coefficient (Wildman–Crippen LogP) is 4.54. The van der Waals surface area contributed by atoms with E-state index in [1.165, 1.54) is 16.5 Å². The summed E-state index contributed by atoms with van der Waals surface area (Å²) >= 11 is 0. The number of aromatic carboxylic acids is 1. The molecule has 3 aromatic rings. The second-order valence-electron chi connectivity index (χ2n) is 8.63. The van der Waals surface area contributed by atoms with E-state index in [4.69, 9.17) is 9.47 Å². The molecule has 1 aromatic heterocycles. The largest absolute Gasteiger partial charge is 0.496 e. The van der Waals surface area contributed by atoms with Crippen molar-refractivity contribution in [2.45, 2.75) is 38.5 Å². The van der Waals surface area contributed by atoms with E-state index in [-0.39, 0.29) is 12.1 Å². The average Bonchev–Trinajstić information content (AvgIpc) is 3.45. The molecule has 0 aliphatic carbocycles. The summed E-state index contributed by atoms with van der Waals surface area (Å²) in [4.78, 5) is 17.2. The van der Waals surface area contributed by atoms with E-state index >= 15 is 0 Å². The molecule has 0 amide bonds. The van der Waals surface area contributed by atoms with Crippen LogP contribution in [0.5, 0.6) is 5.75 Å². The van der Waals surface area contributed by atoms with Gasteiger partial charge in [0.1, 0.15) is 5.75 Å². The Balaban J connectivity index is 1.54. The quantitative estimate of drug-likeness (QED) is 0.634. The van der Waals surface area contributed by atoms with Crippen LogP contribution in [-0.2, 0) is 11.3 Å². The van der Waals surface area contributed by atoms with E-state index in [2.05, 4.69) is 28.9 Å². The molecule has 5 rings (SSSR count). The number of rotatable bonds is 5. The molecule has 2 fully saturated rings. The van der Waals surface area contributed by atoms with Gasteiger partial charge in [0.25, 0.3) is 0 Å². The van der Waals surface area contributed by atoms with E-state index in [0.717, 1.165) is 49.4 Å². The van der Waals surface area contributed by atoms with Crippen molar-refractivity contribution in [3.05, 3.63) is 64.8 Å². The Morgan fingerprint density at radius 2 is 2.06 bits per heavy atom. The molecule has 0 bridgehead atoms. The van der Waals surface area contributed by atoms with Crippen molar-refractivity contribution < 1.29 is 19.4 Å². The fraction of sp³-hybridized carbons (Fsp3) is 0.400. The maximum absolute atomic E-state index is 11.3. The number of methoxy groups -OCH3 is 1. The van der Waals surface area contributed by atoms with Crippen molar-refractivity contribution in [2.75, 3.05) is 20.3 Å². The van der Waals surface area contributed by atoms with Gasteiger partial charge in [0.15, 0.2) is 0 Å². The Morgan fingerprint density at radius 1 is 1.26 bits per heavy atom. The maximum atomic E-state index is 11.3. The summed E-state index contributed by atoms with van der Waals surface area (Å²) in [5.41, 5.74) is 4.98. The number of hydrogen-bond acceptors (Lipinski definition) is 4. The van der Waals surface area contributed by atoms with Crippen molar-refractivity contribution >= 4 is 16.9 Å². The molecule has 31 heavy (non-hydrogen) atoms. The van der Waals surface area contributed by atoms with Crippen LogP contribution in [0.4, 0.5) is 0 Å². The number of fused-ring (bicyclic) bond motifs is 2. The van der Waals surface area contributed by atoms with Gasteiger partial charge in [-0.2, -0.15) is 0 Å². The van der Waals surface area contributed by atoms with E-state index in [1.807, 2.05) is 18.3 Å². The SMILES string of the molecule is COc1cc(C)c2[nH]ccc2c1CN1CCC2OCCC2[C@H]1c1ccc(C(=O)O)cc1. The van der Waals surface area contributed by atoms with Gasteiger partial charge in [-0.1, -0.05) is 12.1 Å². The fourth-order valence-electron chi connectivity index (χ4n) is 5.47. The number of H-pyrrole nitrogens is 1. The summed E-state index contributed by atoms with van der Waals surface area (Å²) in [7, 11) is 1.73. The number of likely N-dealkylation sites (tertiary alicyclic amines) is 1. The Bertz CT molecular complexity index is 1100. The minimum absolute atomic E-state index is 0.184. The van der Waals surface area contributed by atoms with Gasteiger partial charge in [-0.05, 0) is 55.2 Å². The Morgan fingerprint density at radius 3 is 2.81 bits per heavy atom. The third-order valence-electron chi connectivity index (χ3n) is 6.95. The first-order valence-corrected chi connectivity index (χ1v) is 10.9. The van der Waals surface area contributed by atoms with E-state index < -0.39 is 5.97 Å². The zero-order valence-electron chi connectivity index (χ0n) is 17.9. The molecular weight excluding hydrogens is 392 g/mol. The molecular formula is C25H28N2O4. The maximum Gasteiger partial charge on any atom is 0.335 e.